The Balaban J connectivity index is 1.75. The molecule has 35 nitrogen and oxygen atoms in total. The molecule has 14 amide bonds. The molecule has 91 heavy (non-hydrogen) atoms. The summed E-state index contributed by atoms with van der Waals surface area (Å²) in [6.07, 6.45) is 1.81. The average Bonchev–Trinajstić information content (AvgIpc) is 1.96. The SMILES string of the molecule is CC(=O)N[C@@H](C[SeH])C(=O)N[C@@H](C[SeH])C(=O)N[C@@H](CC(N)=O)C(=O)N1CCC[C@H]1C(=O)N[C@@H](C)C(=O)N[C@@H](C[SeH])C(=O)NCC(=O)N[C@@H](CCCNC(=N)N)C(=O)N[C@@H](Cc1c[nH]cn1)C(=O)N[C@@H](Cc1ccc(O)cc1)C(=O)N[C@@H](CO)C(=O)N[C@@H](C[SeH])C(N)=O. The number of H-pyrrole nitrogens is 1. The van der Waals surface area contributed by atoms with Crippen molar-refractivity contribution in [3.8, 4) is 5.75 Å². The van der Waals surface area contributed by atoms with E-state index in [1.54, 1.807) is 0 Å². The van der Waals surface area contributed by atoms with Gasteiger partial charge in [0.1, 0.15) is 5.75 Å². The minimum absolute atomic E-state index is 0.00286. The number of rotatable bonds is 38. The normalized spacial score (nSPS) is 15.9. The number of primary amides is 2. The summed E-state index contributed by atoms with van der Waals surface area (Å²) in [6.45, 7) is 0.830. The van der Waals surface area contributed by atoms with Gasteiger partial charge in [-0.25, -0.2) is 4.98 Å². The zero-order chi connectivity index (χ0) is 68.1. The van der Waals surface area contributed by atoms with E-state index in [0.29, 0.717) is 12.0 Å². The van der Waals surface area contributed by atoms with Gasteiger partial charge in [-0.15, -0.1) is 0 Å². The van der Waals surface area contributed by atoms with Crippen LogP contribution in [0.2, 0.25) is 21.3 Å². The van der Waals surface area contributed by atoms with E-state index < -0.39 is 175 Å². The number of benzene rings is 1. The van der Waals surface area contributed by atoms with Crippen molar-refractivity contribution < 1.29 is 77.3 Å². The number of aromatic hydroxyl groups is 1. The molecule has 0 aliphatic carbocycles. The first-order valence-electron chi connectivity index (χ1n) is 28.1. The molecule has 2 heterocycles. The first-order valence-corrected chi connectivity index (χ1v) is 33.4. The topological polar surface area (TPSA) is 558 Å². The van der Waals surface area contributed by atoms with Crippen LogP contribution < -0.4 is 81.0 Å². The van der Waals surface area contributed by atoms with Gasteiger partial charge in [-0.3, -0.25) is 5.41 Å². The Morgan fingerprint density at radius 1 is 0.637 bits per heavy atom. The summed E-state index contributed by atoms with van der Waals surface area (Å²) in [5.41, 5.74) is 16.9. The Kier molecular flexibility index (Phi) is 33.5. The summed E-state index contributed by atoms with van der Waals surface area (Å²) in [4.78, 5) is 194. The molecule has 1 aliphatic heterocycles. The second-order valence-electron chi connectivity index (χ2n) is 20.5. The van der Waals surface area contributed by atoms with E-state index >= 15 is 0 Å². The van der Waals surface area contributed by atoms with Gasteiger partial charge in [0.2, 0.25) is 0 Å². The number of phenols is 1. The minimum atomic E-state index is -1.64. The molecule has 502 valence electrons. The third-order valence-corrected chi connectivity index (χ3v) is 16.5. The van der Waals surface area contributed by atoms with Crippen molar-refractivity contribution in [2.75, 3.05) is 26.2 Å². The number of phenolic OH excluding ortho intramolecular Hbond substituents is 1. The summed E-state index contributed by atoms with van der Waals surface area (Å²) < 4.78 is 0. The molecule has 39 heteroatoms. The van der Waals surface area contributed by atoms with Crippen molar-refractivity contribution in [2.24, 2.45) is 17.2 Å². The maximum atomic E-state index is 14.3. The van der Waals surface area contributed by atoms with Gasteiger partial charge < -0.3 is 15.8 Å². The number of hydrogen-bond acceptors (Lipinski definition) is 18. The summed E-state index contributed by atoms with van der Waals surface area (Å²) in [7, 11) is 0. The molecule has 0 spiro atoms. The van der Waals surface area contributed by atoms with E-state index in [2.05, 4.69) is 138 Å². The number of guanidine groups is 1. The number of aromatic nitrogens is 2. The number of aromatic amines is 1. The van der Waals surface area contributed by atoms with E-state index in [1.807, 2.05) is 0 Å². The Bertz CT molecular complexity index is 2920. The summed E-state index contributed by atoms with van der Waals surface area (Å²) in [5.74, 6) is -12.7. The van der Waals surface area contributed by atoms with Crippen LogP contribution in [0.3, 0.4) is 0 Å². The molecule has 2 aromatic rings. The van der Waals surface area contributed by atoms with Gasteiger partial charge in [-0.05, 0) is 0 Å². The van der Waals surface area contributed by atoms with Crippen LogP contribution in [0, 0.1) is 5.41 Å². The molecule has 0 saturated carbocycles. The molecular weight excluding hydrogens is 1460 g/mol. The summed E-state index contributed by atoms with van der Waals surface area (Å²) >= 11 is 8.37. The molecule has 1 fully saturated rings. The zero-order valence-electron chi connectivity index (χ0n) is 49.4. The van der Waals surface area contributed by atoms with Crippen LogP contribution in [-0.4, -0.2) is 270 Å². The van der Waals surface area contributed by atoms with Crippen molar-refractivity contribution >= 4 is 153 Å². The van der Waals surface area contributed by atoms with Gasteiger partial charge in [0, 0.05) is 6.20 Å². The summed E-state index contributed by atoms with van der Waals surface area (Å²) in [6, 6.07) is -9.48. The van der Waals surface area contributed by atoms with Crippen molar-refractivity contribution in [3.05, 3.63) is 48.0 Å². The second-order valence-corrected chi connectivity index (χ2v) is 23.6. The van der Waals surface area contributed by atoms with Crippen LogP contribution in [0.15, 0.2) is 36.8 Å². The first kappa shape index (κ1) is 77.4. The fraction of sp³-hybridized carbons (Fsp3) is 0.538. The van der Waals surface area contributed by atoms with Crippen molar-refractivity contribution in [2.45, 2.75) is 147 Å². The van der Waals surface area contributed by atoms with E-state index in [4.69, 9.17) is 22.6 Å². The molecule has 0 radical (unpaired) electrons. The van der Waals surface area contributed by atoms with E-state index in [0.717, 1.165) is 4.90 Å². The predicted molar refractivity (Wildman–Crippen MR) is 330 cm³/mol. The third-order valence-electron chi connectivity index (χ3n) is 13.4. The van der Waals surface area contributed by atoms with Gasteiger partial charge in [0.05, 0.1) is 12.0 Å². The number of hydrogen-bond donors (Lipinski definition) is 19. The van der Waals surface area contributed by atoms with Crippen molar-refractivity contribution in [1.82, 2.24) is 78.7 Å². The molecule has 1 aliphatic rings. The monoisotopic (exact) mass is 1550 g/mol. The molecule has 1 aromatic heterocycles. The Morgan fingerprint density at radius 2 is 1.14 bits per heavy atom. The number of amides is 14. The Labute approximate surface area is 554 Å². The van der Waals surface area contributed by atoms with Crippen molar-refractivity contribution in [1.29, 1.82) is 5.41 Å². The standard InChI is InChI=1S/C52H79N19O16Se4/c1-24(61-50(86)38-6-4-12-71(38)51(87)32(15-39(53)75)66-49(85)37(22-91)70-48(84)36(21-90)62-25(2)73)42(78)69-35(20-89)43(79)59-17-40(76)63-29(5-3-11-58-52(55)56)44(80)65-31(14-27-16-57-23-60-27)46(82)64-30(13-26-7-9-28(74)10-8-26)45(81)67-33(18-72)47(83)68-34(19-88)41(54)77/h7-10,16,23-24,29-38,72,74,88-91H,3-6,11-15,17-22H2,1-2H3,(H2,53,75)(H2,54,77)(H,57,60)(H,59,79)(H,61,86)(H,62,73)(H,63,76)(H,64,82)(H,65,80)(H,66,85)(H,67,81)(H,68,83)(H,69,78)(H,70,84)(H4,55,56,58)/t24-,29-,30-,31-,32-,33-,34-,35-,36-,37-,38-/m0/s1. The number of nitrogens with zero attached hydrogens (tertiary/aromatic N) is 2. The van der Waals surface area contributed by atoms with E-state index in [9.17, 15) is 77.3 Å². The van der Waals surface area contributed by atoms with Crippen LogP contribution in [0.4, 0.5) is 0 Å². The van der Waals surface area contributed by atoms with Gasteiger partial charge in [0.15, 0.2) is 5.96 Å². The van der Waals surface area contributed by atoms with E-state index in [1.165, 1.54) is 50.6 Å². The fourth-order valence-corrected chi connectivity index (χ4v) is 10.9. The summed E-state index contributed by atoms with van der Waals surface area (Å²) in [5, 5.41) is 57.2. The predicted octanol–water partition coefficient (Wildman–Crippen LogP) is -11.2. The Hall–Kier alpha value is -7.88. The fourth-order valence-electron chi connectivity index (χ4n) is 8.67. The van der Waals surface area contributed by atoms with Crippen LogP contribution in [0.1, 0.15) is 57.2 Å². The van der Waals surface area contributed by atoms with Gasteiger partial charge in [0.25, 0.3) is 0 Å². The molecule has 3 rings (SSSR count). The van der Waals surface area contributed by atoms with Crippen molar-refractivity contribution in [3.63, 3.8) is 0 Å². The molecular formula is C52H79N19O16Se4. The van der Waals surface area contributed by atoms with Gasteiger partial charge in [-0.2, -0.15) is 0 Å². The number of carbonyl (C=O) groups is 14. The van der Waals surface area contributed by atoms with Gasteiger partial charge in [-0.1, -0.05) is 0 Å². The number of aliphatic hydroxyl groups excluding tert-OH is 1. The van der Waals surface area contributed by atoms with Crippen LogP contribution >= 0.6 is 0 Å². The quantitative estimate of drug-likeness (QED) is 0.0128. The number of carbonyl (C=O) groups excluding carboxylic acids is 14. The molecule has 0 unspecified atom stereocenters. The van der Waals surface area contributed by atoms with E-state index in [-0.39, 0.29) is 77.9 Å². The molecule has 1 aromatic carbocycles. The maximum absolute atomic E-state index is 14.3. The zero-order valence-corrected chi connectivity index (χ0v) is 57.0. The van der Waals surface area contributed by atoms with Crippen LogP contribution in [0.25, 0.3) is 0 Å². The number of nitrogens with one attached hydrogen (secondary N) is 14. The van der Waals surface area contributed by atoms with Crippen LogP contribution in [-0.2, 0) is 80.0 Å². The number of imidazole rings is 1. The molecule has 0 bridgehead atoms. The van der Waals surface area contributed by atoms with Crippen LogP contribution in [0.5, 0.6) is 5.75 Å². The third kappa shape index (κ3) is 26.5. The molecule has 22 N–H and O–H groups in total. The molecule has 11 atom stereocenters. The average molecular weight is 1540 g/mol. The number of aliphatic hydroxyl groups is 1. The Morgan fingerprint density at radius 3 is 1.68 bits per heavy atom. The number of likely N-dealkylation sites (tertiary alicyclic amines) is 1. The van der Waals surface area contributed by atoms with Gasteiger partial charge >= 0.3 is 502 Å². The first-order chi connectivity index (χ1) is 43.0. The molecule has 1 saturated heterocycles. The number of nitrogens with two attached hydrogens (primary N) is 3. The second kappa shape index (κ2) is 39.4.